The van der Waals surface area contributed by atoms with Gasteiger partial charge in [0.1, 0.15) is 22.7 Å². The predicted octanol–water partition coefficient (Wildman–Crippen LogP) is 5.11. The summed E-state index contributed by atoms with van der Waals surface area (Å²) in [4.78, 5) is 28.8. The molecule has 4 rings (SSSR count). The molecule has 1 fully saturated rings. The molecule has 34 heavy (non-hydrogen) atoms. The van der Waals surface area contributed by atoms with E-state index in [1.54, 1.807) is 23.0 Å². The number of hydrogen-bond donors (Lipinski definition) is 0. The van der Waals surface area contributed by atoms with Crippen LogP contribution in [0.25, 0.3) is 16.5 Å². The van der Waals surface area contributed by atoms with E-state index in [2.05, 4.69) is 6.07 Å². The van der Waals surface area contributed by atoms with Crippen LogP contribution in [0.2, 0.25) is 0 Å². The normalized spacial score (nSPS) is 17.1. The van der Waals surface area contributed by atoms with E-state index < -0.39 is 5.60 Å². The van der Waals surface area contributed by atoms with E-state index in [-0.39, 0.29) is 12.0 Å². The summed E-state index contributed by atoms with van der Waals surface area (Å²) >= 11 is 0. The summed E-state index contributed by atoms with van der Waals surface area (Å²) in [5, 5.41) is 1.13. The number of piperazine rings is 1. The Morgan fingerprint density at radius 1 is 1.06 bits per heavy atom. The molecule has 2 aliphatic rings. The zero-order valence-electron chi connectivity index (χ0n) is 21.2. The molecule has 1 aliphatic carbocycles. The molecule has 2 heterocycles. The second kappa shape index (κ2) is 9.35. The lowest BCUT2D eigenvalue weighted by Crippen LogP contribution is -2.51. The quantitative estimate of drug-likeness (QED) is 0.585. The average molecular weight is 469 g/mol. The van der Waals surface area contributed by atoms with E-state index in [4.69, 9.17) is 13.9 Å². The van der Waals surface area contributed by atoms with Gasteiger partial charge in [-0.1, -0.05) is 0 Å². The number of carbonyl (C=O) groups is 2. The first-order valence-electron chi connectivity index (χ1n) is 12.2. The lowest BCUT2D eigenvalue weighted by atomic mass is 9.93. The zero-order valence-corrected chi connectivity index (χ0v) is 21.2. The maximum absolute atomic E-state index is 13.1. The fourth-order valence-electron chi connectivity index (χ4n) is 4.88. The topological polar surface area (TPSA) is 72.2 Å². The molecule has 0 N–H and O–H groups in total. The van der Waals surface area contributed by atoms with E-state index >= 15 is 0 Å². The van der Waals surface area contributed by atoms with Gasteiger partial charge in [-0.25, -0.2) is 4.79 Å². The molecule has 2 amide bonds. The first-order valence-corrected chi connectivity index (χ1v) is 12.2. The Bertz CT molecular complexity index is 1130. The lowest BCUT2D eigenvalue weighted by Gasteiger charge is -2.35. The maximum Gasteiger partial charge on any atom is 0.410 e. The molecule has 0 saturated carbocycles. The molecule has 1 saturated heterocycles. The van der Waals surface area contributed by atoms with Crippen LogP contribution in [0.1, 0.15) is 63.0 Å². The highest BCUT2D eigenvalue weighted by molar-refractivity contribution is 5.98. The highest BCUT2D eigenvalue weighted by Crippen LogP contribution is 2.41. The summed E-state index contributed by atoms with van der Waals surface area (Å²) in [7, 11) is 1.66. The largest absolute Gasteiger partial charge is 0.496 e. The van der Waals surface area contributed by atoms with Gasteiger partial charge in [0, 0.05) is 60.8 Å². The highest BCUT2D eigenvalue weighted by Gasteiger charge is 2.28. The predicted molar refractivity (Wildman–Crippen MR) is 132 cm³/mol. The van der Waals surface area contributed by atoms with Gasteiger partial charge in [0.05, 0.1) is 7.11 Å². The number of amides is 2. The number of allylic oxidation sites excluding steroid dienone is 1. The highest BCUT2D eigenvalue weighted by atomic mass is 16.6. The van der Waals surface area contributed by atoms with Gasteiger partial charge < -0.3 is 23.7 Å². The van der Waals surface area contributed by atoms with Gasteiger partial charge in [-0.05, 0) is 65.5 Å². The number of furan rings is 1. The first kappa shape index (κ1) is 24.2. The summed E-state index contributed by atoms with van der Waals surface area (Å²) in [6.45, 7) is 11.4. The molecule has 2 aromatic rings. The van der Waals surface area contributed by atoms with E-state index in [0.717, 1.165) is 58.4 Å². The Labute approximate surface area is 201 Å². The molecule has 1 aromatic heterocycles. The van der Waals surface area contributed by atoms with E-state index in [9.17, 15) is 9.59 Å². The van der Waals surface area contributed by atoms with Crippen molar-refractivity contribution in [3.8, 4) is 5.75 Å². The third-order valence-electron chi connectivity index (χ3n) is 6.64. The Kier molecular flexibility index (Phi) is 6.65. The minimum atomic E-state index is -0.531. The number of fused-ring (bicyclic) bond motifs is 3. The van der Waals surface area contributed by atoms with Crippen LogP contribution in [-0.4, -0.2) is 60.7 Å². The molecule has 1 aliphatic heterocycles. The van der Waals surface area contributed by atoms with Gasteiger partial charge in [0.2, 0.25) is 5.91 Å². The molecular weight excluding hydrogens is 432 g/mol. The van der Waals surface area contributed by atoms with Crippen LogP contribution in [0, 0.1) is 6.92 Å². The van der Waals surface area contributed by atoms with Gasteiger partial charge in [-0.15, -0.1) is 0 Å². The molecule has 0 radical (unpaired) electrons. The SMILES string of the molecule is COc1c(/C(C)=C/C(=O)N2CCN(C(=O)OC(C)(C)C)CC2)cc2c3c(oc2c1C)CCCC3. The molecule has 0 spiro atoms. The van der Waals surface area contributed by atoms with Gasteiger partial charge in [0.15, 0.2) is 0 Å². The van der Waals surface area contributed by atoms with Crippen molar-refractivity contribution in [2.45, 2.75) is 65.9 Å². The van der Waals surface area contributed by atoms with Crippen LogP contribution in [-0.2, 0) is 22.4 Å². The van der Waals surface area contributed by atoms with Crippen molar-refractivity contribution < 1.29 is 23.5 Å². The first-order chi connectivity index (χ1) is 16.1. The molecule has 7 nitrogen and oxygen atoms in total. The van der Waals surface area contributed by atoms with Crippen LogP contribution in [0.4, 0.5) is 4.79 Å². The van der Waals surface area contributed by atoms with Gasteiger partial charge in [0.25, 0.3) is 0 Å². The maximum atomic E-state index is 13.1. The minimum Gasteiger partial charge on any atom is -0.496 e. The number of aryl methyl sites for hydroxylation is 3. The van der Waals surface area contributed by atoms with Crippen molar-refractivity contribution in [3.63, 3.8) is 0 Å². The van der Waals surface area contributed by atoms with Gasteiger partial charge in [-0.2, -0.15) is 0 Å². The molecule has 0 bridgehead atoms. The number of methoxy groups -OCH3 is 1. The lowest BCUT2D eigenvalue weighted by molar-refractivity contribution is -0.127. The standard InChI is InChI=1S/C27H36N2O5/c1-17(15-23(30)28-11-13-29(14-12-28)26(31)34-27(3,4)5)20-16-21-19-9-7-8-10-22(19)33-25(21)18(2)24(20)32-6/h15-16H,7-14H2,1-6H3/b17-15+. The Hall–Kier alpha value is -2.96. The van der Waals surface area contributed by atoms with E-state index in [1.165, 1.54) is 12.0 Å². The smallest absolute Gasteiger partial charge is 0.410 e. The summed E-state index contributed by atoms with van der Waals surface area (Å²) in [6, 6.07) is 2.12. The van der Waals surface area contributed by atoms with Crippen LogP contribution < -0.4 is 4.74 Å². The van der Waals surface area contributed by atoms with Gasteiger partial charge >= 0.3 is 6.09 Å². The van der Waals surface area contributed by atoms with Crippen LogP contribution >= 0.6 is 0 Å². The third-order valence-corrected chi connectivity index (χ3v) is 6.64. The summed E-state index contributed by atoms with van der Waals surface area (Å²) in [5.41, 5.74) is 4.40. The van der Waals surface area contributed by atoms with Crippen LogP contribution in [0.3, 0.4) is 0 Å². The Morgan fingerprint density at radius 3 is 2.35 bits per heavy atom. The van der Waals surface area contributed by atoms with Crippen molar-refractivity contribution in [3.05, 3.63) is 34.6 Å². The number of hydrogen-bond acceptors (Lipinski definition) is 5. The molecule has 1 aromatic carbocycles. The van der Waals surface area contributed by atoms with Crippen molar-refractivity contribution in [2.24, 2.45) is 0 Å². The molecule has 0 unspecified atom stereocenters. The average Bonchev–Trinajstić information content (AvgIpc) is 3.17. The number of carbonyl (C=O) groups excluding carboxylic acids is 2. The summed E-state index contributed by atoms with van der Waals surface area (Å²) in [5.74, 6) is 1.77. The minimum absolute atomic E-state index is 0.0598. The fraction of sp³-hybridized carbons (Fsp3) is 0.556. The van der Waals surface area contributed by atoms with Gasteiger partial charge in [-0.3, -0.25) is 4.79 Å². The second-order valence-corrected chi connectivity index (χ2v) is 10.3. The van der Waals surface area contributed by atoms with Crippen molar-refractivity contribution in [2.75, 3.05) is 33.3 Å². The van der Waals surface area contributed by atoms with E-state index in [0.29, 0.717) is 26.2 Å². The fourth-order valence-corrected chi connectivity index (χ4v) is 4.88. The van der Waals surface area contributed by atoms with Crippen molar-refractivity contribution >= 4 is 28.5 Å². The summed E-state index contributed by atoms with van der Waals surface area (Å²) < 4.78 is 17.4. The molecule has 0 atom stereocenters. The number of ether oxygens (including phenoxy) is 2. The zero-order chi connectivity index (χ0) is 24.6. The second-order valence-electron chi connectivity index (χ2n) is 10.3. The monoisotopic (exact) mass is 468 g/mol. The Morgan fingerprint density at radius 2 is 1.71 bits per heavy atom. The van der Waals surface area contributed by atoms with Crippen LogP contribution in [0.5, 0.6) is 5.75 Å². The molecular formula is C27H36N2O5. The summed E-state index contributed by atoms with van der Waals surface area (Å²) in [6.07, 6.45) is 5.68. The van der Waals surface area contributed by atoms with Crippen LogP contribution in [0.15, 0.2) is 16.6 Å². The number of benzene rings is 1. The van der Waals surface area contributed by atoms with E-state index in [1.807, 2.05) is 34.6 Å². The third kappa shape index (κ3) is 4.79. The number of rotatable bonds is 3. The van der Waals surface area contributed by atoms with Crippen molar-refractivity contribution in [1.29, 1.82) is 0 Å². The van der Waals surface area contributed by atoms with Crippen molar-refractivity contribution in [1.82, 2.24) is 9.80 Å². The number of nitrogens with zero attached hydrogens (tertiary/aromatic N) is 2. The molecule has 184 valence electrons. The Balaban J connectivity index is 1.53. The molecule has 7 heteroatoms.